The van der Waals surface area contributed by atoms with Crippen molar-refractivity contribution in [1.82, 2.24) is 10.2 Å². The smallest absolute Gasteiger partial charge is 0.0874 e. The quantitative estimate of drug-likeness (QED) is 0.881. The minimum absolute atomic E-state index is 0.218. The van der Waals surface area contributed by atoms with E-state index >= 15 is 0 Å². The van der Waals surface area contributed by atoms with Crippen molar-refractivity contribution in [3.05, 3.63) is 35.4 Å². The second kappa shape index (κ2) is 5.83. The lowest BCUT2D eigenvalue weighted by Crippen LogP contribution is -2.43. The topological polar surface area (TPSA) is 24.5 Å². The number of hydrogen-bond donors (Lipinski definition) is 1. The lowest BCUT2D eigenvalue weighted by atomic mass is 9.92. The molecule has 1 heterocycles. The third-order valence-corrected chi connectivity index (χ3v) is 3.78. The molecule has 0 aromatic heterocycles. The molecule has 0 unspecified atom stereocenters. The van der Waals surface area contributed by atoms with Crippen LogP contribution in [0, 0.1) is 0 Å². The van der Waals surface area contributed by atoms with E-state index in [1.807, 2.05) is 0 Å². The number of rotatable bonds is 4. The Balaban J connectivity index is 2.16. The summed E-state index contributed by atoms with van der Waals surface area (Å²) in [6.45, 7) is 9.72. The van der Waals surface area contributed by atoms with Crippen molar-refractivity contribution in [2.45, 2.75) is 26.0 Å². The maximum atomic E-state index is 5.62. The van der Waals surface area contributed by atoms with Crippen LogP contribution in [-0.4, -0.2) is 38.2 Å². The zero-order chi connectivity index (χ0) is 13.0. The van der Waals surface area contributed by atoms with Crippen LogP contribution >= 0.6 is 0 Å². The average molecular weight is 248 g/mol. The van der Waals surface area contributed by atoms with Gasteiger partial charge in [0, 0.05) is 39.8 Å². The fourth-order valence-corrected chi connectivity index (χ4v) is 2.47. The van der Waals surface area contributed by atoms with Crippen LogP contribution in [0.5, 0.6) is 0 Å². The summed E-state index contributed by atoms with van der Waals surface area (Å²) in [4.78, 5) is 2.50. The number of benzene rings is 1. The molecule has 0 bridgehead atoms. The van der Waals surface area contributed by atoms with Crippen molar-refractivity contribution in [1.29, 1.82) is 0 Å². The molecule has 2 rings (SSSR count). The van der Waals surface area contributed by atoms with Gasteiger partial charge in [-0.1, -0.05) is 24.3 Å². The fourth-order valence-electron chi connectivity index (χ4n) is 2.47. The molecule has 1 aliphatic heterocycles. The Bertz CT molecular complexity index is 384. The third-order valence-electron chi connectivity index (χ3n) is 3.78. The van der Waals surface area contributed by atoms with Crippen LogP contribution in [0.2, 0.25) is 0 Å². The third kappa shape index (κ3) is 3.10. The minimum atomic E-state index is -0.218. The molecule has 1 fully saturated rings. The van der Waals surface area contributed by atoms with E-state index in [2.05, 4.69) is 48.3 Å². The molecule has 0 atom stereocenters. The number of nitrogens with one attached hydrogen (secondary N) is 1. The van der Waals surface area contributed by atoms with Gasteiger partial charge in [-0.15, -0.1) is 0 Å². The molecule has 1 aliphatic rings. The summed E-state index contributed by atoms with van der Waals surface area (Å²) >= 11 is 0. The first-order valence-corrected chi connectivity index (χ1v) is 6.70. The van der Waals surface area contributed by atoms with Crippen LogP contribution in [0.15, 0.2) is 24.3 Å². The zero-order valence-corrected chi connectivity index (χ0v) is 11.7. The molecule has 1 saturated heterocycles. The summed E-state index contributed by atoms with van der Waals surface area (Å²) < 4.78 is 5.62. The lowest BCUT2D eigenvalue weighted by molar-refractivity contribution is 0.0178. The minimum Gasteiger partial charge on any atom is -0.374 e. The standard InChI is InChI=1S/C15H24N2O/c1-15(2,18-3)14-7-5-4-6-13(14)12-17-10-8-16-9-11-17/h4-7,16H,8-12H2,1-3H3. The predicted octanol–water partition coefficient (Wildman–Crippen LogP) is 1.97. The molecular formula is C15H24N2O. The van der Waals surface area contributed by atoms with Gasteiger partial charge >= 0.3 is 0 Å². The first kappa shape index (κ1) is 13.5. The normalized spacial score (nSPS) is 17.9. The van der Waals surface area contributed by atoms with Crippen LogP contribution in [0.1, 0.15) is 25.0 Å². The van der Waals surface area contributed by atoms with Gasteiger partial charge in [-0.25, -0.2) is 0 Å². The summed E-state index contributed by atoms with van der Waals surface area (Å²) in [5, 5.41) is 3.39. The van der Waals surface area contributed by atoms with Crippen LogP contribution < -0.4 is 5.32 Å². The number of piperazine rings is 1. The molecule has 1 N–H and O–H groups in total. The van der Waals surface area contributed by atoms with Gasteiger partial charge in [0.15, 0.2) is 0 Å². The van der Waals surface area contributed by atoms with Gasteiger partial charge in [0.2, 0.25) is 0 Å². The number of ether oxygens (including phenoxy) is 1. The van der Waals surface area contributed by atoms with Gasteiger partial charge in [-0.05, 0) is 25.0 Å². The van der Waals surface area contributed by atoms with Crippen molar-refractivity contribution in [2.75, 3.05) is 33.3 Å². The van der Waals surface area contributed by atoms with Crippen molar-refractivity contribution >= 4 is 0 Å². The van der Waals surface area contributed by atoms with E-state index in [-0.39, 0.29) is 5.60 Å². The van der Waals surface area contributed by atoms with Gasteiger partial charge < -0.3 is 10.1 Å². The van der Waals surface area contributed by atoms with E-state index in [4.69, 9.17) is 4.74 Å². The highest BCUT2D eigenvalue weighted by Gasteiger charge is 2.23. The molecule has 18 heavy (non-hydrogen) atoms. The van der Waals surface area contributed by atoms with E-state index < -0.39 is 0 Å². The van der Waals surface area contributed by atoms with Gasteiger partial charge in [0.1, 0.15) is 0 Å². The van der Waals surface area contributed by atoms with E-state index in [9.17, 15) is 0 Å². The molecule has 0 aliphatic carbocycles. The molecule has 0 spiro atoms. The van der Waals surface area contributed by atoms with Gasteiger partial charge in [0.25, 0.3) is 0 Å². The molecule has 100 valence electrons. The van der Waals surface area contributed by atoms with E-state index in [0.717, 1.165) is 32.7 Å². The van der Waals surface area contributed by atoms with Crippen molar-refractivity contribution in [3.8, 4) is 0 Å². The summed E-state index contributed by atoms with van der Waals surface area (Å²) in [7, 11) is 1.78. The Morgan fingerprint density at radius 3 is 2.56 bits per heavy atom. The Morgan fingerprint density at radius 2 is 1.89 bits per heavy atom. The molecule has 0 saturated carbocycles. The molecule has 3 nitrogen and oxygen atoms in total. The van der Waals surface area contributed by atoms with Gasteiger partial charge in [-0.2, -0.15) is 0 Å². The van der Waals surface area contributed by atoms with E-state index in [1.165, 1.54) is 11.1 Å². The van der Waals surface area contributed by atoms with Crippen LogP contribution in [0.25, 0.3) is 0 Å². The first-order chi connectivity index (χ1) is 8.63. The zero-order valence-electron chi connectivity index (χ0n) is 11.7. The molecule has 0 amide bonds. The SMILES string of the molecule is COC(C)(C)c1ccccc1CN1CCNCC1. The molecule has 1 aromatic carbocycles. The Kier molecular flexibility index (Phi) is 4.38. The van der Waals surface area contributed by atoms with Crippen LogP contribution in [0.4, 0.5) is 0 Å². The highest BCUT2D eigenvalue weighted by molar-refractivity contribution is 5.31. The van der Waals surface area contributed by atoms with Gasteiger partial charge in [-0.3, -0.25) is 4.90 Å². The maximum absolute atomic E-state index is 5.62. The molecule has 3 heteroatoms. The summed E-state index contributed by atoms with van der Waals surface area (Å²) in [6, 6.07) is 8.61. The monoisotopic (exact) mass is 248 g/mol. The highest BCUT2D eigenvalue weighted by Crippen LogP contribution is 2.27. The predicted molar refractivity (Wildman–Crippen MR) is 74.6 cm³/mol. The summed E-state index contributed by atoms with van der Waals surface area (Å²) in [5.74, 6) is 0. The number of nitrogens with zero attached hydrogens (tertiary/aromatic N) is 1. The second-order valence-corrected chi connectivity index (χ2v) is 5.40. The maximum Gasteiger partial charge on any atom is 0.0874 e. The van der Waals surface area contributed by atoms with Crippen LogP contribution in [-0.2, 0) is 16.9 Å². The summed E-state index contributed by atoms with van der Waals surface area (Å²) in [5.41, 5.74) is 2.46. The number of hydrogen-bond acceptors (Lipinski definition) is 3. The summed E-state index contributed by atoms with van der Waals surface area (Å²) in [6.07, 6.45) is 0. The lowest BCUT2D eigenvalue weighted by Gasteiger charge is -2.31. The highest BCUT2D eigenvalue weighted by atomic mass is 16.5. The Morgan fingerprint density at radius 1 is 1.22 bits per heavy atom. The van der Waals surface area contributed by atoms with Crippen molar-refractivity contribution < 1.29 is 4.74 Å². The van der Waals surface area contributed by atoms with E-state index in [0.29, 0.717) is 0 Å². The van der Waals surface area contributed by atoms with Gasteiger partial charge in [0.05, 0.1) is 5.60 Å². The largest absolute Gasteiger partial charge is 0.374 e. The molecule has 0 radical (unpaired) electrons. The van der Waals surface area contributed by atoms with E-state index in [1.54, 1.807) is 7.11 Å². The van der Waals surface area contributed by atoms with Crippen LogP contribution in [0.3, 0.4) is 0 Å². The molecule has 1 aromatic rings. The second-order valence-electron chi connectivity index (χ2n) is 5.40. The Hall–Kier alpha value is -0.900. The first-order valence-electron chi connectivity index (χ1n) is 6.70. The number of methoxy groups -OCH3 is 1. The van der Waals surface area contributed by atoms with Crippen molar-refractivity contribution in [2.24, 2.45) is 0 Å². The average Bonchev–Trinajstić information content (AvgIpc) is 2.40. The molecular weight excluding hydrogens is 224 g/mol. The fraction of sp³-hybridized carbons (Fsp3) is 0.600. The Labute approximate surface area is 110 Å². The van der Waals surface area contributed by atoms with Crippen molar-refractivity contribution in [3.63, 3.8) is 0 Å².